The van der Waals surface area contributed by atoms with Crippen molar-refractivity contribution in [1.29, 1.82) is 0 Å². The van der Waals surface area contributed by atoms with Gasteiger partial charge in [-0.15, -0.1) is 0 Å². The highest BCUT2D eigenvalue weighted by molar-refractivity contribution is 7.22. The zero-order valence-corrected chi connectivity index (χ0v) is 11.4. The van der Waals surface area contributed by atoms with Gasteiger partial charge in [-0.05, 0) is 12.1 Å². The number of aromatic nitrogens is 1. The lowest BCUT2D eigenvalue weighted by atomic mass is 10.0. The fourth-order valence-electron chi connectivity index (χ4n) is 2.17. The molecule has 0 spiro atoms. The molecule has 0 aliphatic carbocycles. The molecule has 1 unspecified atom stereocenters. The molecule has 102 valence electrons. The monoisotopic (exact) mass is 282 g/mol. The van der Waals surface area contributed by atoms with E-state index in [4.69, 9.17) is 9.47 Å². The lowest BCUT2D eigenvalue weighted by molar-refractivity contribution is -0.00619. The zero-order valence-electron chi connectivity index (χ0n) is 10.6. The maximum Gasteiger partial charge on any atom is 0.183 e. The number of nitrogens with one attached hydrogen (secondary N) is 1. The molecule has 1 aliphatic heterocycles. The maximum atomic E-state index is 13.1. The number of ether oxygens (including phenoxy) is 2. The van der Waals surface area contributed by atoms with E-state index in [1.165, 1.54) is 23.5 Å². The van der Waals surface area contributed by atoms with E-state index in [1.807, 2.05) is 0 Å². The second-order valence-electron chi connectivity index (χ2n) is 4.67. The van der Waals surface area contributed by atoms with Crippen LogP contribution in [0.4, 0.5) is 9.52 Å². The number of thiazole rings is 1. The summed E-state index contributed by atoms with van der Waals surface area (Å²) in [6, 6.07) is 4.64. The van der Waals surface area contributed by atoms with Crippen molar-refractivity contribution >= 4 is 26.7 Å². The number of hydrogen-bond acceptors (Lipinski definition) is 5. The van der Waals surface area contributed by atoms with Gasteiger partial charge in [0.1, 0.15) is 11.4 Å². The molecular weight excluding hydrogens is 267 g/mol. The van der Waals surface area contributed by atoms with Gasteiger partial charge in [-0.1, -0.05) is 11.3 Å². The standard InChI is InChI=1S/C13H15FN2O2S/c1-17-13(4-5-18-8-13)7-15-12-16-10-6-9(14)2-3-11(10)19-12/h2-3,6H,4-5,7-8H2,1H3,(H,15,16). The van der Waals surface area contributed by atoms with Gasteiger partial charge in [0, 0.05) is 32.7 Å². The predicted molar refractivity (Wildman–Crippen MR) is 73.2 cm³/mol. The molecule has 2 aromatic rings. The molecule has 1 saturated heterocycles. The van der Waals surface area contributed by atoms with E-state index in [2.05, 4.69) is 10.3 Å². The van der Waals surface area contributed by atoms with E-state index < -0.39 is 0 Å². The smallest absolute Gasteiger partial charge is 0.183 e. The number of fused-ring (bicyclic) bond motifs is 1. The third-order valence-electron chi connectivity index (χ3n) is 3.41. The molecule has 1 N–H and O–H groups in total. The van der Waals surface area contributed by atoms with Crippen molar-refractivity contribution in [2.24, 2.45) is 0 Å². The van der Waals surface area contributed by atoms with Crippen LogP contribution in [0.3, 0.4) is 0 Å². The molecule has 19 heavy (non-hydrogen) atoms. The summed E-state index contributed by atoms with van der Waals surface area (Å²) in [5, 5.41) is 4.05. The molecular formula is C13H15FN2O2S. The van der Waals surface area contributed by atoms with Crippen LogP contribution in [0.2, 0.25) is 0 Å². The number of methoxy groups -OCH3 is 1. The summed E-state index contributed by atoms with van der Waals surface area (Å²) in [7, 11) is 1.70. The Bertz CT molecular complexity index is 581. The molecule has 0 radical (unpaired) electrons. The van der Waals surface area contributed by atoms with Gasteiger partial charge in [0.05, 0.1) is 16.8 Å². The minimum atomic E-state index is -0.275. The number of nitrogens with zero attached hydrogens (tertiary/aromatic N) is 1. The molecule has 1 fully saturated rings. The quantitative estimate of drug-likeness (QED) is 0.936. The second kappa shape index (κ2) is 5.03. The summed E-state index contributed by atoms with van der Waals surface area (Å²) >= 11 is 1.51. The van der Waals surface area contributed by atoms with Gasteiger partial charge in [0.2, 0.25) is 0 Å². The summed E-state index contributed by atoms with van der Waals surface area (Å²) in [4.78, 5) is 4.37. The third-order valence-corrected chi connectivity index (χ3v) is 4.41. The summed E-state index contributed by atoms with van der Waals surface area (Å²) < 4.78 is 25.0. The van der Waals surface area contributed by atoms with Crippen LogP contribution < -0.4 is 5.32 Å². The van der Waals surface area contributed by atoms with Crippen molar-refractivity contribution in [2.75, 3.05) is 32.2 Å². The molecule has 1 aromatic carbocycles. The Hall–Kier alpha value is -1.24. The largest absolute Gasteiger partial charge is 0.378 e. The number of halogens is 1. The van der Waals surface area contributed by atoms with Crippen molar-refractivity contribution < 1.29 is 13.9 Å². The highest BCUT2D eigenvalue weighted by Gasteiger charge is 2.34. The summed E-state index contributed by atoms with van der Waals surface area (Å²) in [6.07, 6.45) is 0.871. The van der Waals surface area contributed by atoms with Crippen LogP contribution in [-0.4, -0.2) is 37.5 Å². The average molecular weight is 282 g/mol. The first-order valence-corrected chi connectivity index (χ1v) is 6.95. The van der Waals surface area contributed by atoms with E-state index in [-0.39, 0.29) is 11.4 Å². The first kappa shape index (κ1) is 12.8. The third kappa shape index (κ3) is 2.56. The maximum absolute atomic E-state index is 13.1. The van der Waals surface area contributed by atoms with E-state index >= 15 is 0 Å². The van der Waals surface area contributed by atoms with Crippen molar-refractivity contribution in [2.45, 2.75) is 12.0 Å². The van der Waals surface area contributed by atoms with Gasteiger partial charge >= 0.3 is 0 Å². The molecule has 1 aliphatic rings. The second-order valence-corrected chi connectivity index (χ2v) is 5.70. The highest BCUT2D eigenvalue weighted by Crippen LogP contribution is 2.28. The number of benzene rings is 1. The minimum absolute atomic E-state index is 0.262. The lowest BCUT2D eigenvalue weighted by Crippen LogP contribution is -2.39. The average Bonchev–Trinajstić information content (AvgIpc) is 3.02. The Morgan fingerprint density at radius 1 is 1.58 bits per heavy atom. The van der Waals surface area contributed by atoms with Gasteiger partial charge in [-0.2, -0.15) is 0 Å². The van der Waals surface area contributed by atoms with E-state index in [1.54, 1.807) is 13.2 Å². The van der Waals surface area contributed by atoms with Crippen LogP contribution in [0.15, 0.2) is 18.2 Å². The Labute approximate surface area is 114 Å². The van der Waals surface area contributed by atoms with Crippen LogP contribution in [0.1, 0.15) is 6.42 Å². The van der Waals surface area contributed by atoms with Gasteiger partial charge < -0.3 is 14.8 Å². The lowest BCUT2D eigenvalue weighted by Gasteiger charge is -2.25. The fourth-order valence-corrected chi connectivity index (χ4v) is 3.02. The Kier molecular flexibility index (Phi) is 3.38. The topological polar surface area (TPSA) is 43.4 Å². The molecule has 0 amide bonds. The van der Waals surface area contributed by atoms with E-state index in [0.717, 1.165) is 22.9 Å². The van der Waals surface area contributed by atoms with Gasteiger partial charge in [-0.3, -0.25) is 0 Å². The molecule has 1 aromatic heterocycles. The summed E-state index contributed by atoms with van der Waals surface area (Å²) in [6.45, 7) is 1.96. The van der Waals surface area contributed by atoms with Crippen LogP contribution in [0, 0.1) is 5.82 Å². The number of rotatable bonds is 4. The normalized spacial score (nSPS) is 23.1. The van der Waals surface area contributed by atoms with Gasteiger partial charge in [0.15, 0.2) is 5.13 Å². The van der Waals surface area contributed by atoms with Gasteiger partial charge in [-0.25, -0.2) is 9.37 Å². The van der Waals surface area contributed by atoms with Crippen molar-refractivity contribution in [3.63, 3.8) is 0 Å². The van der Waals surface area contributed by atoms with Crippen molar-refractivity contribution in [1.82, 2.24) is 4.98 Å². The first-order valence-electron chi connectivity index (χ1n) is 6.14. The molecule has 0 bridgehead atoms. The van der Waals surface area contributed by atoms with Crippen molar-refractivity contribution in [3.05, 3.63) is 24.0 Å². The van der Waals surface area contributed by atoms with Crippen LogP contribution in [-0.2, 0) is 9.47 Å². The first-order chi connectivity index (χ1) is 9.21. The Morgan fingerprint density at radius 3 is 3.21 bits per heavy atom. The molecule has 2 heterocycles. The van der Waals surface area contributed by atoms with E-state index in [9.17, 15) is 4.39 Å². The number of hydrogen-bond donors (Lipinski definition) is 1. The molecule has 0 saturated carbocycles. The van der Waals surface area contributed by atoms with Crippen molar-refractivity contribution in [3.8, 4) is 0 Å². The minimum Gasteiger partial charge on any atom is -0.378 e. The number of anilines is 1. The molecule has 1 atom stereocenters. The molecule has 4 nitrogen and oxygen atoms in total. The molecule has 3 rings (SSSR count). The van der Waals surface area contributed by atoms with E-state index in [0.29, 0.717) is 18.7 Å². The van der Waals surface area contributed by atoms with Gasteiger partial charge in [0.25, 0.3) is 0 Å². The molecule has 6 heteroatoms. The Balaban J connectivity index is 1.74. The SMILES string of the molecule is COC1(CNc2nc3cc(F)ccc3s2)CCOC1. The predicted octanol–water partition coefficient (Wildman–Crippen LogP) is 2.65. The Morgan fingerprint density at radius 2 is 2.47 bits per heavy atom. The van der Waals surface area contributed by atoms with Crippen LogP contribution >= 0.6 is 11.3 Å². The summed E-state index contributed by atoms with van der Waals surface area (Å²) in [5.74, 6) is -0.262. The van der Waals surface area contributed by atoms with Crippen LogP contribution in [0.25, 0.3) is 10.2 Å². The fraction of sp³-hybridized carbons (Fsp3) is 0.462. The zero-order chi connectivity index (χ0) is 13.3. The summed E-state index contributed by atoms with van der Waals surface area (Å²) in [5.41, 5.74) is 0.407. The highest BCUT2D eigenvalue weighted by atomic mass is 32.1. The van der Waals surface area contributed by atoms with Crippen LogP contribution in [0.5, 0.6) is 0 Å².